The van der Waals surface area contributed by atoms with Crippen LogP contribution in [-0.4, -0.2) is 26.3 Å². The van der Waals surface area contributed by atoms with Crippen molar-refractivity contribution in [2.75, 3.05) is 0 Å². The maximum Gasteiger partial charge on any atom is 0.184 e. The maximum atomic E-state index is 6.04. The van der Waals surface area contributed by atoms with Crippen LogP contribution in [0.4, 0.5) is 0 Å². The molecule has 0 saturated carbocycles. The Kier molecular flexibility index (Phi) is 5.69. The van der Waals surface area contributed by atoms with Gasteiger partial charge in [0, 0.05) is 0 Å². The van der Waals surface area contributed by atoms with E-state index in [1.807, 2.05) is 62.4 Å². The number of benzene rings is 2. The molecule has 5 heteroatoms. The molecule has 1 atom stereocenters. The van der Waals surface area contributed by atoms with E-state index in [1.54, 1.807) is 4.68 Å². The third-order valence-corrected chi connectivity index (χ3v) is 3.67. The van der Waals surface area contributed by atoms with Crippen LogP contribution in [0.2, 0.25) is 0 Å². The SMILES string of the molecule is CC(C)OC(/C=C/c1ccccc1)c1nnnn1Cc1ccccc1. The Morgan fingerprint density at radius 2 is 1.68 bits per heavy atom. The van der Waals surface area contributed by atoms with Crippen LogP contribution >= 0.6 is 0 Å². The van der Waals surface area contributed by atoms with Crippen molar-refractivity contribution in [2.45, 2.75) is 32.6 Å². The molecular weight excluding hydrogens is 312 g/mol. The summed E-state index contributed by atoms with van der Waals surface area (Å²) >= 11 is 0. The lowest BCUT2D eigenvalue weighted by molar-refractivity contribution is 0.0281. The molecule has 3 aromatic rings. The quantitative estimate of drug-likeness (QED) is 0.657. The average Bonchev–Trinajstić information content (AvgIpc) is 3.08. The largest absolute Gasteiger partial charge is 0.363 e. The molecule has 2 aromatic carbocycles. The number of ether oxygens (including phenoxy) is 1. The highest BCUT2D eigenvalue weighted by Gasteiger charge is 2.19. The Labute approximate surface area is 148 Å². The zero-order valence-electron chi connectivity index (χ0n) is 14.5. The molecule has 1 aromatic heterocycles. The number of nitrogens with zero attached hydrogens (tertiary/aromatic N) is 4. The third-order valence-electron chi connectivity index (χ3n) is 3.67. The van der Waals surface area contributed by atoms with E-state index in [9.17, 15) is 0 Å². The number of hydrogen-bond acceptors (Lipinski definition) is 4. The molecule has 3 rings (SSSR count). The third kappa shape index (κ3) is 4.84. The Hall–Kier alpha value is -2.79. The highest BCUT2D eigenvalue weighted by Crippen LogP contribution is 2.20. The first-order valence-corrected chi connectivity index (χ1v) is 8.41. The van der Waals surface area contributed by atoms with Crippen LogP contribution in [0.25, 0.3) is 6.08 Å². The minimum atomic E-state index is -0.307. The van der Waals surface area contributed by atoms with Gasteiger partial charge in [0.15, 0.2) is 5.82 Å². The topological polar surface area (TPSA) is 52.8 Å². The summed E-state index contributed by atoms with van der Waals surface area (Å²) in [4.78, 5) is 0. The molecule has 0 saturated heterocycles. The van der Waals surface area contributed by atoms with E-state index in [2.05, 4.69) is 39.8 Å². The van der Waals surface area contributed by atoms with Gasteiger partial charge in [-0.15, -0.1) is 5.10 Å². The van der Waals surface area contributed by atoms with Crippen LogP contribution in [-0.2, 0) is 11.3 Å². The predicted octanol–water partition coefficient (Wildman–Crippen LogP) is 3.90. The summed E-state index contributed by atoms with van der Waals surface area (Å²) in [5.41, 5.74) is 2.26. The molecule has 0 N–H and O–H groups in total. The fourth-order valence-corrected chi connectivity index (χ4v) is 2.53. The smallest absolute Gasteiger partial charge is 0.184 e. The van der Waals surface area contributed by atoms with Crippen LogP contribution in [0.1, 0.15) is 36.9 Å². The van der Waals surface area contributed by atoms with Gasteiger partial charge in [0.05, 0.1) is 12.6 Å². The number of hydrogen-bond donors (Lipinski definition) is 0. The zero-order chi connectivity index (χ0) is 17.5. The summed E-state index contributed by atoms with van der Waals surface area (Å²) in [6, 6.07) is 20.3. The summed E-state index contributed by atoms with van der Waals surface area (Å²) in [5.74, 6) is 0.699. The monoisotopic (exact) mass is 334 g/mol. The van der Waals surface area contributed by atoms with E-state index in [4.69, 9.17) is 4.74 Å². The molecule has 0 bridgehead atoms. The van der Waals surface area contributed by atoms with Gasteiger partial charge in [0.25, 0.3) is 0 Å². The van der Waals surface area contributed by atoms with Gasteiger partial charge < -0.3 is 4.74 Å². The van der Waals surface area contributed by atoms with Crippen molar-refractivity contribution in [2.24, 2.45) is 0 Å². The van der Waals surface area contributed by atoms with E-state index >= 15 is 0 Å². The molecule has 0 fully saturated rings. The van der Waals surface area contributed by atoms with Gasteiger partial charge in [0.1, 0.15) is 6.10 Å². The molecule has 0 aliphatic rings. The highest BCUT2D eigenvalue weighted by atomic mass is 16.5. The van der Waals surface area contributed by atoms with Gasteiger partial charge in [-0.3, -0.25) is 0 Å². The van der Waals surface area contributed by atoms with Gasteiger partial charge in [-0.25, -0.2) is 4.68 Å². The Morgan fingerprint density at radius 1 is 1.00 bits per heavy atom. The minimum absolute atomic E-state index is 0.0623. The highest BCUT2D eigenvalue weighted by molar-refractivity contribution is 5.49. The Bertz CT molecular complexity index is 797. The van der Waals surface area contributed by atoms with Crippen molar-refractivity contribution in [3.8, 4) is 0 Å². The van der Waals surface area contributed by atoms with Gasteiger partial charge >= 0.3 is 0 Å². The van der Waals surface area contributed by atoms with Crippen molar-refractivity contribution >= 4 is 6.08 Å². The molecule has 25 heavy (non-hydrogen) atoms. The lowest BCUT2D eigenvalue weighted by Gasteiger charge is -2.16. The fourth-order valence-electron chi connectivity index (χ4n) is 2.53. The van der Waals surface area contributed by atoms with E-state index < -0.39 is 0 Å². The Morgan fingerprint density at radius 3 is 2.36 bits per heavy atom. The molecular formula is C20H22N4O. The second-order valence-electron chi connectivity index (χ2n) is 6.06. The van der Waals surface area contributed by atoms with E-state index in [0.29, 0.717) is 12.4 Å². The number of rotatable bonds is 7. The molecule has 0 radical (unpaired) electrons. The standard InChI is InChI=1S/C20H22N4O/c1-16(2)25-19(14-13-17-9-5-3-6-10-17)20-21-22-23-24(20)15-18-11-7-4-8-12-18/h3-14,16,19H,15H2,1-2H3/b14-13+. The summed E-state index contributed by atoms with van der Waals surface area (Å²) in [5, 5.41) is 12.2. The molecule has 0 aliphatic carbocycles. The lowest BCUT2D eigenvalue weighted by Crippen LogP contribution is -2.15. The lowest BCUT2D eigenvalue weighted by atomic mass is 10.1. The van der Waals surface area contributed by atoms with Crippen molar-refractivity contribution < 1.29 is 4.74 Å². The van der Waals surface area contributed by atoms with Crippen LogP contribution in [0.15, 0.2) is 66.7 Å². The van der Waals surface area contributed by atoms with Crippen LogP contribution in [0.5, 0.6) is 0 Å². The minimum Gasteiger partial charge on any atom is -0.363 e. The maximum absolute atomic E-state index is 6.04. The first kappa shape index (κ1) is 17.0. The number of aromatic nitrogens is 4. The van der Waals surface area contributed by atoms with E-state index in [1.165, 1.54) is 0 Å². The first-order valence-electron chi connectivity index (χ1n) is 8.41. The number of tetrazole rings is 1. The van der Waals surface area contributed by atoms with Gasteiger partial charge in [0.2, 0.25) is 0 Å². The van der Waals surface area contributed by atoms with E-state index in [-0.39, 0.29) is 12.2 Å². The molecule has 5 nitrogen and oxygen atoms in total. The van der Waals surface area contributed by atoms with Crippen LogP contribution < -0.4 is 0 Å². The summed E-state index contributed by atoms with van der Waals surface area (Å²) < 4.78 is 7.83. The fraction of sp³-hybridized carbons (Fsp3) is 0.250. The summed E-state index contributed by atoms with van der Waals surface area (Å²) in [6.07, 6.45) is 3.79. The van der Waals surface area contributed by atoms with Crippen molar-refractivity contribution in [1.82, 2.24) is 20.2 Å². The normalized spacial score (nSPS) is 12.8. The van der Waals surface area contributed by atoms with Crippen molar-refractivity contribution in [1.29, 1.82) is 0 Å². The second kappa shape index (κ2) is 8.35. The van der Waals surface area contributed by atoms with Crippen molar-refractivity contribution in [3.05, 3.63) is 83.7 Å². The average molecular weight is 334 g/mol. The van der Waals surface area contributed by atoms with Crippen molar-refractivity contribution in [3.63, 3.8) is 0 Å². The molecule has 0 aliphatic heterocycles. The van der Waals surface area contributed by atoms with Gasteiger partial charge in [-0.1, -0.05) is 66.7 Å². The predicted molar refractivity (Wildman–Crippen MR) is 97.8 cm³/mol. The second-order valence-corrected chi connectivity index (χ2v) is 6.06. The first-order chi connectivity index (χ1) is 12.2. The molecule has 0 spiro atoms. The van der Waals surface area contributed by atoms with Gasteiger partial charge in [-0.2, -0.15) is 0 Å². The van der Waals surface area contributed by atoms with Crippen LogP contribution in [0.3, 0.4) is 0 Å². The molecule has 128 valence electrons. The molecule has 0 amide bonds. The van der Waals surface area contributed by atoms with Crippen LogP contribution in [0, 0.1) is 0 Å². The summed E-state index contributed by atoms with van der Waals surface area (Å²) in [7, 11) is 0. The van der Waals surface area contributed by atoms with Gasteiger partial charge in [-0.05, 0) is 41.5 Å². The zero-order valence-corrected chi connectivity index (χ0v) is 14.5. The van der Waals surface area contributed by atoms with E-state index in [0.717, 1.165) is 11.1 Å². The summed E-state index contributed by atoms with van der Waals surface area (Å²) in [6.45, 7) is 4.63. The molecule has 1 unspecified atom stereocenters. The molecule has 1 heterocycles. The Balaban J connectivity index is 1.84.